The van der Waals surface area contributed by atoms with Crippen molar-refractivity contribution < 1.29 is 19.4 Å². The van der Waals surface area contributed by atoms with E-state index in [1.807, 2.05) is 13.0 Å². The molecular weight excluding hydrogens is 210 g/mol. The van der Waals surface area contributed by atoms with E-state index in [1.54, 1.807) is 20.3 Å². The van der Waals surface area contributed by atoms with Gasteiger partial charge in [0.25, 0.3) is 0 Å². The van der Waals surface area contributed by atoms with Crippen molar-refractivity contribution >= 4 is 6.09 Å². The average Bonchev–Trinajstić information content (AvgIpc) is 2.26. The molecule has 0 aliphatic carbocycles. The van der Waals surface area contributed by atoms with Crippen molar-refractivity contribution in [2.75, 3.05) is 14.2 Å². The number of aryl methyl sites for hydroxylation is 1. The molecule has 0 saturated heterocycles. The number of hydrogen-bond donors (Lipinski definition) is 2. The lowest BCUT2D eigenvalue weighted by atomic mass is 10.1. The van der Waals surface area contributed by atoms with Crippen LogP contribution < -0.4 is 14.8 Å². The molecule has 0 aromatic heterocycles. The molecule has 0 fully saturated rings. The van der Waals surface area contributed by atoms with E-state index >= 15 is 0 Å². The lowest BCUT2D eigenvalue weighted by Crippen LogP contribution is -2.20. The molecule has 1 aromatic rings. The molecule has 16 heavy (non-hydrogen) atoms. The lowest BCUT2D eigenvalue weighted by Gasteiger charge is -2.12. The van der Waals surface area contributed by atoms with Crippen LogP contribution in [0.4, 0.5) is 4.79 Å². The first-order valence-electron chi connectivity index (χ1n) is 4.76. The van der Waals surface area contributed by atoms with Crippen molar-refractivity contribution in [1.82, 2.24) is 5.32 Å². The van der Waals surface area contributed by atoms with Gasteiger partial charge in [-0.3, -0.25) is 0 Å². The molecule has 1 rings (SSSR count). The molecule has 0 radical (unpaired) electrons. The first kappa shape index (κ1) is 12.2. The van der Waals surface area contributed by atoms with Crippen LogP contribution in [0.5, 0.6) is 11.5 Å². The Bertz CT molecular complexity index is 390. The molecule has 5 heteroatoms. The molecule has 0 aliphatic heterocycles. The van der Waals surface area contributed by atoms with Gasteiger partial charge in [0.1, 0.15) is 11.5 Å². The molecule has 1 amide bonds. The van der Waals surface area contributed by atoms with Gasteiger partial charge in [-0.2, -0.15) is 0 Å². The average molecular weight is 225 g/mol. The van der Waals surface area contributed by atoms with Crippen LogP contribution in [0.3, 0.4) is 0 Å². The summed E-state index contributed by atoms with van der Waals surface area (Å²) in [7, 11) is 3.12. The van der Waals surface area contributed by atoms with Crippen LogP contribution in [-0.4, -0.2) is 25.4 Å². The van der Waals surface area contributed by atoms with Crippen molar-refractivity contribution in [2.45, 2.75) is 13.5 Å². The number of nitrogens with one attached hydrogen (secondary N) is 1. The van der Waals surface area contributed by atoms with Crippen LogP contribution in [0.25, 0.3) is 0 Å². The van der Waals surface area contributed by atoms with Gasteiger partial charge in [-0.1, -0.05) is 0 Å². The largest absolute Gasteiger partial charge is 0.496 e. The lowest BCUT2D eigenvalue weighted by molar-refractivity contribution is 0.194. The second-order valence-electron chi connectivity index (χ2n) is 3.29. The topological polar surface area (TPSA) is 67.8 Å². The summed E-state index contributed by atoms with van der Waals surface area (Å²) in [6, 6.07) is 3.59. The SMILES string of the molecule is COc1cc(CNC(=O)O)c(OC)cc1C. The molecule has 0 atom stereocenters. The number of ether oxygens (including phenoxy) is 2. The molecular formula is C11H15NO4. The van der Waals surface area contributed by atoms with E-state index in [0.29, 0.717) is 11.5 Å². The first-order chi connectivity index (χ1) is 7.58. The Balaban J connectivity index is 2.99. The molecule has 1 aromatic carbocycles. The molecule has 2 N–H and O–H groups in total. The molecule has 0 bridgehead atoms. The summed E-state index contributed by atoms with van der Waals surface area (Å²) in [6.45, 7) is 2.09. The van der Waals surface area contributed by atoms with Gasteiger partial charge >= 0.3 is 6.09 Å². The third-order valence-corrected chi connectivity index (χ3v) is 2.23. The Labute approximate surface area is 94.0 Å². The number of rotatable bonds is 4. The number of hydrogen-bond acceptors (Lipinski definition) is 3. The fourth-order valence-corrected chi connectivity index (χ4v) is 1.42. The predicted octanol–water partition coefficient (Wildman–Crippen LogP) is 1.78. The van der Waals surface area contributed by atoms with E-state index in [1.165, 1.54) is 0 Å². The van der Waals surface area contributed by atoms with Crippen molar-refractivity contribution in [3.63, 3.8) is 0 Å². The zero-order chi connectivity index (χ0) is 12.1. The molecule has 5 nitrogen and oxygen atoms in total. The summed E-state index contributed by atoms with van der Waals surface area (Å²) in [5, 5.41) is 10.8. The number of carboxylic acid groups (broad SMARTS) is 1. The van der Waals surface area contributed by atoms with E-state index in [0.717, 1.165) is 11.1 Å². The van der Waals surface area contributed by atoms with Gasteiger partial charge in [-0.25, -0.2) is 4.79 Å². The van der Waals surface area contributed by atoms with Crippen LogP contribution >= 0.6 is 0 Å². The number of methoxy groups -OCH3 is 2. The monoisotopic (exact) mass is 225 g/mol. The molecule has 0 spiro atoms. The van der Waals surface area contributed by atoms with Gasteiger partial charge < -0.3 is 19.9 Å². The van der Waals surface area contributed by atoms with Crippen molar-refractivity contribution in [1.29, 1.82) is 0 Å². The quantitative estimate of drug-likeness (QED) is 0.819. The van der Waals surface area contributed by atoms with Crippen LogP contribution in [-0.2, 0) is 6.54 Å². The summed E-state index contributed by atoms with van der Waals surface area (Å²) in [5.41, 5.74) is 1.69. The normalized spacial score (nSPS) is 9.69. The molecule has 0 heterocycles. The molecule has 88 valence electrons. The molecule has 0 saturated carbocycles. The third kappa shape index (κ3) is 2.79. The Kier molecular flexibility index (Phi) is 3.99. The maximum absolute atomic E-state index is 10.4. The molecule has 0 unspecified atom stereocenters. The third-order valence-electron chi connectivity index (χ3n) is 2.23. The van der Waals surface area contributed by atoms with Gasteiger partial charge in [-0.15, -0.1) is 0 Å². The predicted molar refractivity (Wildman–Crippen MR) is 59.1 cm³/mol. The fourth-order valence-electron chi connectivity index (χ4n) is 1.42. The maximum atomic E-state index is 10.4. The summed E-state index contributed by atoms with van der Waals surface area (Å²) in [5.74, 6) is 1.36. The highest BCUT2D eigenvalue weighted by molar-refractivity contribution is 5.64. The van der Waals surface area contributed by atoms with Crippen LogP contribution in [0.2, 0.25) is 0 Å². The number of carbonyl (C=O) groups is 1. The van der Waals surface area contributed by atoms with Crippen LogP contribution in [0, 0.1) is 6.92 Å². The van der Waals surface area contributed by atoms with Crippen molar-refractivity contribution in [3.8, 4) is 11.5 Å². The van der Waals surface area contributed by atoms with E-state index in [4.69, 9.17) is 14.6 Å². The molecule has 0 aliphatic rings. The van der Waals surface area contributed by atoms with Crippen molar-refractivity contribution in [3.05, 3.63) is 23.3 Å². The maximum Gasteiger partial charge on any atom is 0.404 e. The second kappa shape index (κ2) is 5.25. The standard InChI is InChI=1S/C11H15NO4/c1-7-4-10(16-3)8(5-9(7)15-2)6-12-11(13)14/h4-5,12H,6H2,1-3H3,(H,13,14). The van der Waals surface area contributed by atoms with Crippen LogP contribution in [0.15, 0.2) is 12.1 Å². The first-order valence-corrected chi connectivity index (χ1v) is 4.76. The Morgan fingerprint density at radius 1 is 1.31 bits per heavy atom. The van der Waals surface area contributed by atoms with E-state index in [9.17, 15) is 4.79 Å². The summed E-state index contributed by atoms with van der Waals surface area (Å²) in [6.07, 6.45) is -1.07. The zero-order valence-corrected chi connectivity index (χ0v) is 9.53. The summed E-state index contributed by atoms with van der Waals surface area (Å²) >= 11 is 0. The minimum Gasteiger partial charge on any atom is -0.496 e. The Morgan fingerprint density at radius 2 is 1.94 bits per heavy atom. The second-order valence-corrected chi connectivity index (χ2v) is 3.29. The highest BCUT2D eigenvalue weighted by atomic mass is 16.5. The van der Waals surface area contributed by atoms with E-state index in [2.05, 4.69) is 5.32 Å². The van der Waals surface area contributed by atoms with Gasteiger partial charge in [0.2, 0.25) is 0 Å². The fraction of sp³-hybridized carbons (Fsp3) is 0.364. The Hall–Kier alpha value is -1.91. The summed E-state index contributed by atoms with van der Waals surface area (Å²) in [4.78, 5) is 10.4. The van der Waals surface area contributed by atoms with Gasteiger partial charge in [-0.05, 0) is 24.6 Å². The van der Waals surface area contributed by atoms with Crippen molar-refractivity contribution in [2.24, 2.45) is 0 Å². The van der Waals surface area contributed by atoms with Gasteiger partial charge in [0.05, 0.1) is 14.2 Å². The van der Waals surface area contributed by atoms with Gasteiger partial charge in [0.15, 0.2) is 0 Å². The van der Waals surface area contributed by atoms with E-state index in [-0.39, 0.29) is 6.54 Å². The minimum atomic E-state index is -1.07. The van der Waals surface area contributed by atoms with Crippen LogP contribution in [0.1, 0.15) is 11.1 Å². The number of benzene rings is 1. The van der Waals surface area contributed by atoms with E-state index < -0.39 is 6.09 Å². The highest BCUT2D eigenvalue weighted by Gasteiger charge is 2.09. The smallest absolute Gasteiger partial charge is 0.404 e. The Morgan fingerprint density at radius 3 is 2.44 bits per heavy atom. The highest BCUT2D eigenvalue weighted by Crippen LogP contribution is 2.27. The number of amides is 1. The summed E-state index contributed by atoms with van der Waals surface area (Å²) < 4.78 is 10.3. The zero-order valence-electron chi connectivity index (χ0n) is 9.53. The van der Waals surface area contributed by atoms with Gasteiger partial charge in [0, 0.05) is 12.1 Å². The minimum absolute atomic E-state index is 0.190.